The number of ether oxygens (including phenoxy) is 1. The van der Waals surface area contributed by atoms with Gasteiger partial charge in [-0.3, -0.25) is 0 Å². The van der Waals surface area contributed by atoms with Gasteiger partial charge in [0, 0.05) is 10.1 Å². The molecule has 0 unspecified atom stereocenters. The van der Waals surface area contributed by atoms with Crippen molar-refractivity contribution in [1.29, 1.82) is 0 Å². The molecule has 128 valence electrons. The predicted octanol–water partition coefficient (Wildman–Crippen LogP) is 6.06. The molecule has 0 N–H and O–H groups in total. The van der Waals surface area contributed by atoms with Gasteiger partial charge in [0.2, 0.25) is 0 Å². The number of hydrogen-bond acceptors (Lipinski definition) is 4. The van der Waals surface area contributed by atoms with Crippen LogP contribution in [0.15, 0.2) is 48.5 Å². The first-order chi connectivity index (χ1) is 12.8. The van der Waals surface area contributed by atoms with E-state index in [1.165, 1.54) is 29.3 Å². The second kappa shape index (κ2) is 5.27. The van der Waals surface area contributed by atoms with Crippen LogP contribution in [0.3, 0.4) is 0 Å². The molecule has 1 aliphatic carbocycles. The van der Waals surface area contributed by atoms with Gasteiger partial charge in [-0.05, 0) is 49.9 Å². The van der Waals surface area contributed by atoms with E-state index in [1.54, 1.807) is 11.3 Å². The smallest absolute Gasteiger partial charge is 0.153 e. The van der Waals surface area contributed by atoms with E-state index in [0.717, 1.165) is 45.9 Å². The van der Waals surface area contributed by atoms with E-state index < -0.39 is 0 Å². The third kappa shape index (κ3) is 1.93. The van der Waals surface area contributed by atoms with Crippen LogP contribution in [0, 0.1) is 0 Å². The number of hydrogen-bond donors (Lipinski definition) is 0. The molecule has 6 rings (SSSR count). The number of fused-ring (bicyclic) bond motifs is 7. The first-order valence-electron chi connectivity index (χ1n) is 9.32. The zero-order valence-corrected chi connectivity index (χ0v) is 15.2. The number of thiophene rings is 1. The maximum Gasteiger partial charge on any atom is 0.153 e. The van der Waals surface area contributed by atoms with Gasteiger partial charge in [-0.1, -0.05) is 30.7 Å². The third-order valence-corrected chi connectivity index (χ3v) is 6.88. The molecule has 1 saturated carbocycles. The molecule has 4 aromatic rings. The van der Waals surface area contributed by atoms with Gasteiger partial charge in [0.25, 0.3) is 0 Å². The van der Waals surface area contributed by atoms with Gasteiger partial charge in [-0.2, -0.15) is 0 Å². The number of aromatic nitrogens is 2. The monoisotopic (exact) mass is 358 g/mol. The van der Waals surface area contributed by atoms with Gasteiger partial charge in [0.1, 0.15) is 17.1 Å². The highest BCUT2D eigenvalue weighted by atomic mass is 32.1. The van der Waals surface area contributed by atoms with Crippen molar-refractivity contribution >= 4 is 32.5 Å². The molecule has 0 bridgehead atoms. The minimum atomic E-state index is -0.318. The molecule has 0 amide bonds. The zero-order chi connectivity index (χ0) is 17.1. The van der Waals surface area contributed by atoms with Crippen LogP contribution in [0.1, 0.15) is 37.8 Å². The molecule has 1 fully saturated rings. The molecule has 3 heterocycles. The Balaban J connectivity index is 1.72. The minimum Gasteiger partial charge on any atom is -0.479 e. The minimum absolute atomic E-state index is 0.318. The van der Waals surface area contributed by atoms with E-state index in [2.05, 4.69) is 36.4 Å². The van der Waals surface area contributed by atoms with E-state index in [0.29, 0.717) is 0 Å². The highest BCUT2D eigenvalue weighted by Gasteiger charge is 2.45. The van der Waals surface area contributed by atoms with Gasteiger partial charge in [0.05, 0.1) is 15.9 Å². The number of nitrogens with zero attached hydrogens (tertiary/aromatic N) is 2. The van der Waals surface area contributed by atoms with Crippen LogP contribution >= 0.6 is 11.3 Å². The average molecular weight is 358 g/mol. The molecule has 2 aromatic heterocycles. The summed E-state index contributed by atoms with van der Waals surface area (Å²) in [6.07, 6.45) is 5.70. The first-order valence-corrected chi connectivity index (χ1v) is 10.1. The molecule has 0 radical (unpaired) electrons. The van der Waals surface area contributed by atoms with Crippen molar-refractivity contribution < 1.29 is 4.74 Å². The lowest BCUT2D eigenvalue weighted by molar-refractivity contribution is 0.0217. The molecule has 0 atom stereocenters. The number of rotatable bonds is 0. The normalized spacial score (nSPS) is 17.8. The van der Waals surface area contributed by atoms with Crippen LogP contribution in [0.2, 0.25) is 0 Å². The summed E-state index contributed by atoms with van der Waals surface area (Å²) >= 11 is 1.77. The van der Waals surface area contributed by atoms with Crippen molar-refractivity contribution in [2.24, 2.45) is 0 Å². The van der Waals surface area contributed by atoms with Crippen LogP contribution < -0.4 is 4.74 Å². The Morgan fingerprint density at radius 1 is 0.846 bits per heavy atom. The Labute approximate surface area is 155 Å². The van der Waals surface area contributed by atoms with E-state index in [1.807, 2.05) is 12.1 Å². The highest BCUT2D eigenvalue weighted by molar-refractivity contribution is 7.22. The predicted molar refractivity (Wildman–Crippen MR) is 106 cm³/mol. The van der Waals surface area contributed by atoms with Crippen LogP contribution in [0.5, 0.6) is 5.75 Å². The summed E-state index contributed by atoms with van der Waals surface area (Å²) in [5.41, 5.74) is 3.69. The summed E-state index contributed by atoms with van der Waals surface area (Å²) in [5.74, 6) is 1.02. The molecule has 2 aliphatic rings. The Morgan fingerprint density at radius 2 is 1.58 bits per heavy atom. The standard InChI is InChI=1S/C22H18N2OS/c1-6-12-22(13-7-1)21-18(23-15-9-3-4-10-16(15)24-21)20-19(25-22)14-8-2-5-11-17(14)26-20/h2-5,8-11H,1,6-7,12-13H2. The lowest BCUT2D eigenvalue weighted by atomic mass is 9.79. The van der Waals surface area contributed by atoms with Crippen molar-refractivity contribution in [3.8, 4) is 16.3 Å². The van der Waals surface area contributed by atoms with Gasteiger partial charge in [-0.15, -0.1) is 11.3 Å². The molecule has 2 aromatic carbocycles. The fourth-order valence-corrected chi connectivity index (χ4v) is 5.58. The van der Waals surface area contributed by atoms with Crippen LogP contribution in [-0.2, 0) is 5.60 Å². The first kappa shape index (κ1) is 14.7. The Hall–Kier alpha value is -2.46. The van der Waals surface area contributed by atoms with Crippen LogP contribution in [0.25, 0.3) is 31.7 Å². The lowest BCUT2D eigenvalue weighted by Crippen LogP contribution is -2.39. The second-order valence-electron chi connectivity index (χ2n) is 7.32. The fraction of sp³-hybridized carbons (Fsp3) is 0.273. The van der Waals surface area contributed by atoms with Crippen molar-refractivity contribution in [3.63, 3.8) is 0 Å². The van der Waals surface area contributed by atoms with E-state index in [-0.39, 0.29) is 5.60 Å². The Kier molecular flexibility index (Phi) is 2.98. The summed E-state index contributed by atoms with van der Waals surface area (Å²) in [7, 11) is 0. The van der Waals surface area contributed by atoms with Crippen molar-refractivity contribution in [2.75, 3.05) is 0 Å². The zero-order valence-electron chi connectivity index (χ0n) is 14.4. The fourth-order valence-electron chi connectivity index (χ4n) is 4.46. The molecule has 26 heavy (non-hydrogen) atoms. The molecule has 0 saturated heterocycles. The van der Waals surface area contributed by atoms with E-state index in [4.69, 9.17) is 14.7 Å². The topological polar surface area (TPSA) is 35.0 Å². The Morgan fingerprint density at radius 3 is 2.42 bits per heavy atom. The maximum atomic E-state index is 6.80. The van der Waals surface area contributed by atoms with Gasteiger partial charge in [-0.25, -0.2) is 9.97 Å². The molecule has 3 nitrogen and oxygen atoms in total. The van der Waals surface area contributed by atoms with Gasteiger partial charge >= 0.3 is 0 Å². The third-order valence-electron chi connectivity index (χ3n) is 5.73. The quantitative estimate of drug-likeness (QED) is 0.383. The van der Waals surface area contributed by atoms with Crippen LogP contribution in [-0.4, -0.2) is 9.97 Å². The molecular formula is C22H18N2OS. The average Bonchev–Trinajstić information content (AvgIpc) is 3.06. The van der Waals surface area contributed by atoms with Crippen molar-refractivity contribution in [2.45, 2.75) is 37.7 Å². The lowest BCUT2D eigenvalue weighted by Gasteiger charge is -2.40. The maximum absolute atomic E-state index is 6.80. The summed E-state index contributed by atoms with van der Waals surface area (Å²) in [6, 6.07) is 16.7. The highest BCUT2D eigenvalue weighted by Crippen LogP contribution is 2.55. The summed E-state index contributed by atoms with van der Waals surface area (Å²) in [6.45, 7) is 0. The summed E-state index contributed by atoms with van der Waals surface area (Å²) in [5, 5.41) is 1.21. The summed E-state index contributed by atoms with van der Waals surface area (Å²) in [4.78, 5) is 11.3. The molecular weight excluding hydrogens is 340 g/mol. The molecule has 1 aliphatic heterocycles. The SMILES string of the molecule is c1ccc2nc3c(nc2c1)-c1sc2ccccc2c1OC31CCCCC1. The second-order valence-corrected chi connectivity index (χ2v) is 8.38. The number of benzene rings is 2. The molecule has 4 heteroatoms. The van der Waals surface area contributed by atoms with E-state index in [9.17, 15) is 0 Å². The largest absolute Gasteiger partial charge is 0.479 e. The van der Waals surface area contributed by atoms with E-state index >= 15 is 0 Å². The Bertz CT molecular complexity index is 1160. The number of para-hydroxylation sites is 2. The van der Waals surface area contributed by atoms with Gasteiger partial charge in [0.15, 0.2) is 5.60 Å². The van der Waals surface area contributed by atoms with Crippen molar-refractivity contribution in [3.05, 3.63) is 54.2 Å². The van der Waals surface area contributed by atoms with Crippen molar-refractivity contribution in [1.82, 2.24) is 9.97 Å². The van der Waals surface area contributed by atoms with Gasteiger partial charge < -0.3 is 4.74 Å². The molecule has 1 spiro atoms. The van der Waals surface area contributed by atoms with Crippen LogP contribution in [0.4, 0.5) is 0 Å². The summed E-state index contributed by atoms with van der Waals surface area (Å²) < 4.78 is 8.05.